The van der Waals surface area contributed by atoms with Crippen LogP contribution in [0.25, 0.3) is 0 Å². The van der Waals surface area contributed by atoms with Crippen molar-refractivity contribution in [3.63, 3.8) is 0 Å². The molecule has 158 valence electrons. The summed E-state index contributed by atoms with van der Waals surface area (Å²) >= 11 is 0. The van der Waals surface area contributed by atoms with Crippen LogP contribution in [0.5, 0.6) is 11.5 Å². The molecule has 0 spiro atoms. The monoisotopic (exact) mass is 511 g/mol. The zero-order valence-electron chi connectivity index (χ0n) is 17.2. The normalized spacial score (nSPS) is 15.1. The number of ether oxygens (including phenoxy) is 3. The maximum Gasteiger partial charge on any atom is 0.191 e. The van der Waals surface area contributed by atoms with Gasteiger partial charge in [0.05, 0.1) is 20.3 Å². The zero-order chi connectivity index (χ0) is 19.8. The Morgan fingerprint density at radius 2 is 2.00 bits per heavy atom. The molecule has 2 aromatic carbocycles. The lowest BCUT2D eigenvalue weighted by atomic mass is 10.1. The quantitative estimate of drug-likeness (QED) is 0.246. The molecule has 0 saturated heterocycles. The van der Waals surface area contributed by atoms with E-state index in [4.69, 9.17) is 14.2 Å². The Hall–Kier alpha value is -2.00. The number of halogens is 1. The third-order valence-electron chi connectivity index (χ3n) is 4.62. The van der Waals surface area contributed by atoms with Crippen LogP contribution in [0.2, 0.25) is 0 Å². The van der Waals surface area contributed by atoms with Crippen LogP contribution in [0, 0.1) is 0 Å². The zero-order valence-corrected chi connectivity index (χ0v) is 19.6. The molecule has 1 aliphatic rings. The summed E-state index contributed by atoms with van der Waals surface area (Å²) in [6.45, 7) is 4.56. The van der Waals surface area contributed by atoms with Gasteiger partial charge >= 0.3 is 0 Å². The van der Waals surface area contributed by atoms with E-state index >= 15 is 0 Å². The number of hydrogen-bond donors (Lipinski definition) is 2. The minimum Gasteiger partial charge on any atom is -0.496 e. The molecule has 1 heterocycles. The fourth-order valence-corrected chi connectivity index (χ4v) is 3.22. The SMILES string of the molecule is CN=C(NCCOCc1ccccc1)NCc1cc2c(cc1OC)CC(C)O2.I. The van der Waals surface area contributed by atoms with Crippen molar-refractivity contribution in [2.75, 3.05) is 27.3 Å². The highest BCUT2D eigenvalue weighted by Crippen LogP contribution is 2.34. The van der Waals surface area contributed by atoms with Gasteiger partial charge < -0.3 is 24.8 Å². The molecule has 2 N–H and O–H groups in total. The maximum atomic E-state index is 5.86. The first-order chi connectivity index (χ1) is 13.7. The summed E-state index contributed by atoms with van der Waals surface area (Å²) in [5, 5.41) is 6.58. The number of hydrogen-bond acceptors (Lipinski definition) is 4. The van der Waals surface area contributed by atoms with E-state index in [9.17, 15) is 0 Å². The van der Waals surface area contributed by atoms with Gasteiger partial charge in [-0.25, -0.2) is 0 Å². The highest BCUT2D eigenvalue weighted by atomic mass is 127. The lowest BCUT2D eigenvalue weighted by molar-refractivity contribution is 0.125. The largest absolute Gasteiger partial charge is 0.496 e. The molecule has 0 fully saturated rings. The predicted molar refractivity (Wildman–Crippen MR) is 127 cm³/mol. The van der Waals surface area contributed by atoms with Gasteiger partial charge in [0.15, 0.2) is 5.96 Å². The summed E-state index contributed by atoms with van der Waals surface area (Å²) in [4.78, 5) is 4.27. The number of methoxy groups -OCH3 is 1. The van der Waals surface area contributed by atoms with Crippen molar-refractivity contribution in [2.24, 2.45) is 4.99 Å². The minimum absolute atomic E-state index is 0. The number of guanidine groups is 1. The van der Waals surface area contributed by atoms with Gasteiger partial charge in [0, 0.05) is 37.7 Å². The summed E-state index contributed by atoms with van der Waals surface area (Å²) in [6, 6.07) is 14.3. The molecular weight excluding hydrogens is 481 g/mol. The van der Waals surface area contributed by atoms with Gasteiger partial charge in [-0.3, -0.25) is 4.99 Å². The first kappa shape index (κ1) is 23.3. The Morgan fingerprint density at radius 1 is 1.21 bits per heavy atom. The molecule has 0 aliphatic carbocycles. The number of benzene rings is 2. The molecule has 0 amide bonds. The molecular formula is C22H30IN3O3. The minimum atomic E-state index is 0. The van der Waals surface area contributed by atoms with Crippen molar-refractivity contribution in [2.45, 2.75) is 32.6 Å². The lowest BCUT2D eigenvalue weighted by Crippen LogP contribution is -2.38. The Labute approximate surface area is 190 Å². The van der Waals surface area contributed by atoms with E-state index in [1.165, 1.54) is 11.1 Å². The van der Waals surface area contributed by atoms with Gasteiger partial charge in [0.25, 0.3) is 0 Å². The first-order valence-corrected chi connectivity index (χ1v) is 9.62. The summed E-state index contributed by atoms with van der Waals surface area (Å²) < 4.78 is 17.1. The lowest BCUT2D eigenvalue weighted by Gasteiger charge is -2.15. The molecule has 0 aromatic heterocycles. The van der Waals surface area contributed by atoms with Gasteiger partial charge in [-0.05, 0) is 24.6 Å². The van der Waals surface area contributed by atoms with Crippen LogP contribution in [0.4, 0.5) is 0 Å². The molecule has 0 saturated carbocycles. The molecule has 1 unspecified atom stereocenters. The molecule has 0 bridgehead atoms. The van der Waals surface area contributed by atoms with Crippen molar-refractivity contribution >= 4 is 29.9 Å². The Kier molecular flexibility index (Phi) is 9.53. The Bertz CT molecular complexity index is 799. The van der Waals surface area contributed by atoms with Crippen LogP contribution < -0.4 is 20.1 Å². The van der Waals surface area contributed by atoms with Crippen LogP contribution in [0.15, 0.2) is 47.5 Å². The Morgan fingerprint density at radius 3 is 2.72 bits per heavy atom. The molecule has 6 nitrogen and oxygen atoms in total. The average Bonchev–Trinajstić information content (AvgIpc) is 3.08. The number of fused-ring (bicyclic) bond motifs is 1. The predicted octanol–water partition coefficient (Wildman–Crippen LogP) is 3.52. The summed E-state index contributed by atoms with van der Waals surface area (Å²) in [5.74, 6) is 2.54. The number of aliphatic imine (C=N–C) groups is 1. The third-order valence-corrected chi connectivity index (χ3v) is 4.62. The van der Waals surface area contributed by atoms with Crippen LogP contribution in [0.3, 0.4) is 0 Å². The van der Waals surface area contributed by atoms with Gasteiger partial charge in [-0.15, -0.1) is 24.0 Å². The van der Waals surface area contributed by atoms with E-state index in [-0.39, 0.29) is 30.1 Å². The van der Waals surface area contributed by atoms with Gasteiger partial charge in [0.1, 0.15) is 17.6 Å². The number of rotatable bonds is 8. The van der Waals surface area contributed by atoms with E-state index in [1.807, 2.05) is 18.2 Å². The number of nitrogens with one attached hydrogen (secondary N) is 2. The van der Waals surface area contributed by atoms with Crippen LogP contribution in [-0.4, -0.2) is 39.4 Å². The molecule has 1 aliphatic heterocycles. The molecule has 2 aromatic rings. The van der Waals surface area contributed by atoms with Gasteiger partial charge in [0.2, 0.25) is 0 Å². The molecule has 29 heavy (non-hydrogen) atoms. The second-order valence-electron chi connectivity index (χ2n) is 6.80. The van der Waals surface area contributed by atoms with E-state index in [0.29, 0.717) is 26.3 Å². The summed E-state index contributed by atoms with van der Waals surface area (Å²) in [6.07, 6.45) is 1.14. The van der Waals surface area contributed by atoms with Crippen molar-refractivity contribution < 1.29 is 14.2 Å². The maximum absolute atomic E-state index is 5.86. The molecule has 0 radical (unpaired) electrons. The molecule has 3 rings (SSSR count). The van der Waals surface area contributed by atoms with E-state index in [2.05, 4.69) is 46.8 Å². The van der Waals surface area contributed by atoms with E-state index < -0.39 is 0 Å². The van der Waals surface area contributed by atoms with Crippen LogP contribution in [0.1, 0.15) is 23.6 Å². The number of nitrogens with zero attached hydrogens (tertiary/aromatic N) is 1. The van der Waals surface area contributed by atoms with Crippen molar-refractivity contribution in [3.8, 4) is 11.5 Å². The van der Waals surface area contributed by atoms with Crippen molar-refractivity contribution in [3.05, 3.63) is 59.2 Å². The first-order valence-electron chi connectivity index (χ1n) is 9.62. The molecule has 7 heteroatoms. The fraction of sp³-hybridized carbons (Fsp3) is 0.409. The van der Waals surface area contributed by atoms with Gasteiger partial charge in [-0.2, -0.15) is 0 Å². The van der Waals surface area contributed by atoms with E-state index in [1.54, 1.807) is 14.2 Å². The van der Waals surface area contributed by atoms with Crippen LogP contribution >= 0.6 is 24.0 Å². The summed E-state index contributed by atoms with van der Waals surface area (Å²) in [5.41, 5.74) is 3.41. The van der Waals surface area contributed by atoms with Crippen molar-refractivity contribution in [1.82, 2.24) is 10.6 Å². The van der Waals surface area contributed by atoms with E-state index in [0.717, 1.165) is 29.4 Å². The second kappa shape index (κ2) is 11.9. The topological polar surface area (TPSA) is 64.1 Å². The highest BCUT2D eigenvalue weighted by molar-refractivity contribution is 14.0. The molecule has 1 atom stereocenters. The fourth-order valence-electron chi connectivity index (χ4n) is 3.22. The van der Waals surface area contributed by atoms with Crippen LogP contribution in [-0.2, 0) is 24.3 Å². The summed E-state index contributed by atoms with van der Waals surface area (Å²) in [7, 11) is 3.45. The second-order valence-corrected chi connectivity index (χ2v) is 6.80. The third kappa shape index (κ3) is 6.78. The smallest absolute Gasteiger partial charge is 0.191 e. The standard InChI is InChI=1S/C22H29N3O3.HI/c1-16-11-18-12-20(26-3)19(13-21(18)28-16)14-25-22(23-2)24-9-10-27-15-17-7-5-4-6-8-17;/h4-8,12-13,16H,9-11,14-15H2,1-3H3,(H2,23,24,25);1H. The highest BCUT2D eigenvalue weighted by Gasteiger charge is 2.21. The van der Waals surface area contributed by atoms with Gasteiger partial charge in [-0.1, -0.05) is 30.3 Å². The average molecular weight is 511 g/mol. The Balaban J connectivity index is 0.00000300. The van der Waals surface area contributed by atoms with Crippen molar-refractivity contribution in [1.29, 1.82) is 0 Å².